The van der Waals surface area contributed by atoms with E-state index in [1.807, 2.05) is 47.9 Å². The van der Waals surface area contributed by atoms with Gasteiger partial charge in [0.25, 0.3) is 0 Å². The van der Waals surface area contributed by atoms with Crippen molar-refractivity contribution in [1.82, 2.24) is 29.7 Å². The third kappa shape index (κ3) is 5.11. The van der Waals surface area contributed by atoms with E-state index in [1.165, 1.54) is 0 Å². The zero-order chi connectivity index (χ0) is 23.3. The molecule has 1 fully saturated rings. The predicted molar refractivity (Wildman–Crippen MR) is 135 cm³/mol. The normalized spacial score (nSPS) is 14.4. The lowest BCUT2D eigenvalue weighted by Gasteiger charge is -2.27. The van der Waals surface area contributed by atoms with E-state index in [2.05, 4.69) is 25.8 Å². The average molecular weight is 459 g/mol. The highest BCUT2D eigenvalue weighted by Crippen LogP contribution is 2.26. The lowest BCUT2D eigenvalue weighted by molar-refractivity contribution is 0.240. The number of anilines is 3. The molecule has 9 heteroatoms. The molecule has 1 aliphatic rings. The van der Waals surface area contributed by atoms with Crippen molar-refractivity contribution >= 4 is 28.4 Å². The number of benzene rings is 2. The fraction of sp³-hybridized carbons (Fsp3) is 0.320. The molecule has 0 amide bonds. The Morgan fingerprint density at radius 2 is 1.85 bits per heavy atom. The van der Waals surface area contributed by atoms with Gasteiger partial charge in [-0.1, -0.05) is 18.2 Å². The summed E-state index contributed by atoms with van der Waals surface area (Å²) in [7, 11) is 0. The molecule has 1 saturated heterocycles. The summed E-state index contributed by atoms with van der Waals surface area (Å²) < 4.78 is 1.89. The van der Waals surface area contributed by atoms with Gasteiger partial charge in [0.2, 0.25) is 5.95 Å². The highest BCUT2D eigenvalue weighted by Gasteiger charge is 2.12. The number of nitrogens with one attached hydrogen (secondary N) is 3. The van der Waals surface area contributed by atoms with Gasteiger partial charge in [-0.15, -0.1) is 0 Å². The maximum Gasteiger partial charge on any atom is 0.239 e. The van der Waals surface area contributed by atoms with Crippen molar-refractivity contribution in [2.45, 2.75) is 13.3 Å². The minimum atomic E-state index is 0.203. The molecule has 2 aromatic carbocycles. The highest BCUT2D eigenvalue weighted by atomic mass is 16.3. The molecule has 4 aromatic rings. The Morgan fingerprint density at radius 3 is 2.74 bits per heavy atom. The lowest BCUT2D eigenvalue weighted by Crippen LogP contribution is -2.44. The second-order valence-electron chi connectivity index (χ2n) is 8.54. The maximum atomic E-state index is 9.94. The van der Waals surface area contributed by atoms with Crippen LogP contribution in [0.15, 0.2) is 54.9 Å². The van der Waals surface area contributed by atoms with E-state index in [1.54, 1.807) is 18.5 Å². The van der Waals surface area contributed by atoms with Crippen LogP contribution in [-0.4, -0.2) is 68.8 Å². The van der Waals surface area contributed by atoms with Crippen LogP contribution in [0.4, 0.5) is 17.3 Å². The number of nitrogens with zero attached hydrogens (tertiary/aromatic N) is 5. The van der Waals surface area contributed by atoms with Crippen molar-refractivity contribution in [3.63, 3.8) is 0 Å². The van der Waals surface area contributed by atoms with Gasteiger partial charge >= 0.3 is 0 Å². The quantitative estimate of drug-likeness (QED) is 0.298. The van der Waals surface area contributed by atoms with Crippen LogP contribution >= 0.6 is 0 Å². The molecule has 9 nitrogen and oxygen atoms in total. The molecule has 0 bridgehead atoms. The molecular formula is C25H30N8O. The van der Waals surface area contributed by atoms with Crippen molar-refractivity contribution in [3.8, 4) is 11.7 Å². The third-order valence-corrected chi connectivity index (χ3v) is 6.03. The number of phenols is 1. The van der Waals surface area contributed by atoms with Crippen molar-refractivity contribution in [2.24, 2.45) is 0 Å². The second-order valence-corrected chi connectivity index (χ2v) is 8.54. The van der Waals surface area contributed by atoms with Crippen molar-refractivity contribution in [3.05, 3.63) is 60.4 Å². The van der Waals surface area contributed by atoms with Crippen LogP contribution in [-0.2, 0) is 0 Å². The van der Waals surface area contributed by atoms with E-state index in [0.717, 1.165) is 73.8 Å². The van der Waals surface area contributed by atoms with Gasteiger partial charge < -0.3 is 26.0 Å². The summed E-state index contributed by atoms with van der Waals surface area (Å²) in [5, 5.41) is 20.1. The first-order valence-electron chi connectivity index (χ1n) is 11.7. The van der Waals surface area contributed by atoms with Crippen LogP contribution in [0.25, 0.3) is 17.0 Å². The van der Waals surface area contributed by atoms with Gasteiger partial charge in [0, 0.05) is 50.5 Å². The smallest absolute Gasteiger partial charge is 0.239 e. The first kappa shape index (κ1) is 22.1. The average Bonchev–Trinajstić information content (AvgIpc) is 3.29. The molecular weight excluding hydrogens is 428 g/mol. The van der Waals surface area contributed by atoms with E-state index < -0.39 is 0 Å². The number of hydrogen-bond acceptors (Lipinski definition) is 8. The standard InChI is InChI=1S/C25H30N8O/c1-18-7-8-19(34)15-21(18)29-24-16-23(27-9-4-12-32-13-10-26-11-14-32)30-25(31-24)33-17-28-20-5-2-3-6-22(20)33/h2-3,5-8,15-17,26,34H,4,9-14H2,1H3,(H2,27,29,30,31). The number of fused-ring (bicyclic) bond motifs is 1. The summed E-state index contributed by atoms with van der Waals surface area (Å²) in [4.78, 5) is 16.5. The van der Waals surface area contributed by atoms with Gasteiger partial charge in [0.1, 0.15) is 23.7 Å². The molecule has 0 radical (unpaired) electrons. The van der Waals surface area contributed by atoms with Crippen LogP contribution in [0.5, 0.6) is 5.75 Å². The molecule has 34 heavy (non-hydrogen) atoms. The fourth-order valence-corrected chi connectivity index (χ4v) is 4.15. The van der Waals surface area contributed by atoms with Crippen LogP contribution in [0.3, 0.4) is 0 Å². The molecule has 2 aromatic heterocycles. The topological polar surface area (TPSA) is 103 Å². The van der Waals surface area contributed by atoms with Gasteiger partial charge in [-0.2, -0.15) is 9.97 Å². The number of phenolic OH excluding ortho intramolecular Hbond substituents is 1. The Bertz CT molecular complexity index is 1270. The molecule has 1 aliphatic heterocycles. The minimum Gasteiger partial charge on any atom is -0.508 e. The van der Waals surface area contributed by atoms with Crippen molar-refractivity contribution < 1.29 is 5.11 Å². The monoisotopic (exact) mass is 458 g/mol. The number of para-hydroxylation sites is 2. The molecule has 3 heterocycles. The number of hydrogen-bond donors (Lipinski definition) is 4. The molecule has 176 valence electrons. The van der Waals surface area contributed by atoms with Crippen molar-refractivity contribution in [2.75, 3.05) is 49.9 Å². The van der Waals surface area contributed by atoms with E-state index in [4.69, 9.17) is 9.97 Å². The van der Waals surface area contributed by atoms with Gasteiger partial charge in [0.15, 0.2) is 0 Å². The van der Waals surface area contributed by atoms with Gasteiger partial charge in [-0.05, 0) is 43.7 Å². The third-order valence-electron chi connectivity index (χ3n) is 6.03. The first-order valence-corrected chi connectivity index (χ1v) is 11.7. The van der Waals surface area contributed by atoms with Gasteiger partial charge in [-0.25, -0.2) is 4.98 Å². The van der Waals surface area contributed by atoms with Crippen LogP contribution in [0.1, 0.15) is 12.0 Å². The minimum absolute atomic E-state index is 0.203. The van der Waals surface area contributed by atoms with E-state index in [0.29, 0.717) is 11.8 Å². The molecule has 0 atom stereocenters. The Hall–Kier alpha value is -3.69. The number of aromatic nitrogens is 4. The van der Waals surface area contributed by atoms with Crippen LogP contribution in [0, 0.1) is 6.92 Å². The number of piperazine rings is 1. The highest BCUT2D eigenvalue weighted by molar-refractivity contribution is 5.76. The predicted octanol–water partition coefficient (Wildman–Crippen LogP) is 3.28. The molecule has 5 rings (SSSR count). The molecule has 0 saturated carbocycles. The molecule has 0 aliphatic carbocycles. The Balaban J connectivity index is 1.39. The number of aromatic hydroxyl groups is 1. The zero-order valence-corrected chi connectivity index (χ0v) is 19.3. The molecule has 0 unspecified atom stereocenters. The summed E-state index contributed by atoms with van der Waals surface area (Å²) in [6.07, 6.45) is 2.78. The number of rotatable bonds is 8. The first-order chi connectivity index (χ1) is 16.7. The summed E-state index contributed by atoms with van der Waals surface area (Å²) >= 11 is 0. The van der Waals surface area contributed by atoms with Crippen molar-refractivity contribution in [1.29, 1.82) is 0 Å². The van der Waals surface area contributed by atoms with Crippen LogP contribution in [0.2, 0.25) is 0 Å². The lowest BCUT2D eigenvalue weighted by atomic mass is 10.2. The maximum absolute atomic E-state index is 9.94. The van der Waals surface area contributed by atoms with Crippen LogP contribution < -0.4 is 16.0 Å². The molecule has 0 spiro atoms. The summed E-state index contributed by atoms with van der Waals surface area (Å²) in [6.45, 7) is 8.19. The van der Waals surface area contributed by atoms with Gasteiger partial charge in [0.05, 0.1) is 11.0 Å². The van der Waals surface area contributed by atoms with E-state index in [9.17, 15) is 5.11 Å². The zero-order valence-electron chi connectivity index (χ0n) is 19.3. The fourth-order valence-electron chi connectivity index (χ4n) is 4.15. The summed E-state index contributed by atoms with van der Waals surface area (Å²) in [5.74, 6) is 2.11. The SMILES string of the molecule is Cc1ccc(O)cc1Nc1cc(NCCCN2CCNCC2)nc(-n2cnc3ccccc32)n1. The number of imidazole rings is 1. The van der Waals surface area contributed by atoms with E-state index in [-0.39, 0.29) is 5.75 Å². The Labute approximate surface area is 198 Å². The summed E-state index contributed by atoms with van der Waals surface area (Å²) in [6, 6.07) is 15.1. The Morgan fingerprint density at radius 1 is 1.03 bits per heavy atom. The Kier molecular flexibility index (Phi) is 6.55. The molecule has 4 N–H and O–H groups in total. The second kappa shape index (κ2) is 10.1. The van der Waals surface area contributed by atoms with Gasteiger partial charge in [-0.3, -0.25) is 4.57 Å². The largest absolute Gasteiger partial charge is 0.508 e. The number of aryl methyl sites for hydroxylation is 1. The summed E-state index contributed by atoms with van der Waals surface area (Å²) in [5.41, 5.74) is 3.64. The van der Waals surface area contributed by atoms with E-state index >= 15 is 0 Å².